The first-order chi connectivity index (χ1) is 12.4. The lowest BCUT2D eigenvalue weighted by atomic mass is 9.66. The average Bonchev–Trinajstić information content (AvgIpc) is 2.66. The van der Waals surface area contributed by atoms with Gasteiger partial charge in [0.2, 0.25) is 0 Å². The van der Waals surface area contributed by atoms with Crippen molar-refractivity contribution in [2.45, 2.75) is 37.6 Å². The van der Waals surface area contributed by atoms with E-state index in [1.165, 1.54) is 11.1 Å². The van der Waals surface area contributed by atoms with Gasteiger partial charge in [0.25, 0.3) is 0 Å². The summed E-state index contributed by atoms with van der Waals surface area (Å²) >= 11 is 0. The van der Waals surface area contributed by atoms with Gasteiger partial charge in [-0.05, 0) is 49.2 Å². The van der Waals surface area contributed by atoms with Crippen LogP contribution in [0.25, 0.3) is 0 Å². The van der Waals surface area contributed by atoms with Crippen molar-refractivity contribution in [1.82, 2.24) is 9.78 Å². The molecule has 3 heteroatoms. The lowest BCUT2D eigenvalue weighted by Gasteiger charge is -2.47. The molecule has 0 fully saturated rings. The summed E-state index contributed by atoms with van der Waals surface area (Å²) in [5, 5.41) is 3.30. The summed E-state index contributed by atoms with van der Waals surface area (Å²) in [6, 6.07) is 10.8. The van der Waals surface area contributed by atoms with Crippen LogP contribution < -0.4 is 0 Å². The van der Waals surface area contributed by atoms with E-state index < -0.39 is 0 Å². The Hall–Kier alpha value is -2.55. The van der Waals surface area contributed by atoms with E-state index in [0.29, 0.717) is 11.6 Å². The van der Waals surface area contributed by atoms with Crippen molar-refractivity contribution >= 4 is 6.29 Å². The lowest BCUT2D eigenvalue weighted by Crippen LogP contribution is -2.47. The molecular weight excluding hydrogens is 308 g/mol. The van der Waals surface area contributed by atoms with Crippen LogP contribution in [0.1, 0.15) is 48.2 Å². The Morgan fingerprint density at radius 1 is 1.12 bits per heavy atom. The van der Waals surface area contributed by atoms with E-state index in [4.69, 9.17) is 0 Å². The van der Waals surface area contributed by atoms with Crippen molar-refractivity contribution in [3.05, 3.63) is 83.7 Å². The fraction of sp³-hybridized carbons (Fsp3) is 0.318. The molecule has 2 atom stereocenters. The zero-order valence-corrected chi connectivity index (χ0v) is 14.4. The van der Waals surface area contributed by atoms with Gasteiger partial charge in [0.15, 0.2) is 6.29 Å². The Kier molecular flexibility index (Phi) is 4.31. The Balaban J connectivity index is 1.93. The molecule has 2 aliphatic rings. The van der Waals surface area contributed by atoms with Crippen LogP contribution in [-0.2, 0) is 5.54 Å². The van der Waals surface area contributed by atoms with Crippen molar-refractivity contribution in [3.63, 3.8) is 0 Å². The molecule has 1 N–H and O–H groups in total. The van der Waals surface area contributed by atoms with E-state index in [2.05, 4.69) is 70.5 Å². The minimum atomic E-state index is -0.247. The van der Waals surface area contributed by atoms with E-state index >= 15 is 0 Å². The third-order valence-electron chi connectivity index (χ3n) is 5.60. The number of hydrogen-bond acceptors (Lipinski definition) is 1. The van der Waals surface area contributed by atoms with Gasteiger partial charge in [0.05, 0.1) is 6.20 Å². The summed E-state index contributed by atoms with van der Waals surface area (Å²) in [5.74, 6) is 0.467. The molecule has 128 valence electrons. The quantitative estimate of drug-likeness (QED) is 0.607. The number of aldehydes is 1. The molecule has 1 heterocycles. The van der Waals surface area contributed by atoms with Crippen LogP contribution in [0.2, 0.25) is 0 Å². The summed E-state index contributed by atoms with van der Waals surface area (Å²) in [7, 11) is 0. The molecule has 0 saturated carbocycles. The minimum Gasteiger partial charge on any atom is -0.296 e. The molecule has 0 amide bonds. The van der Waals surface area contributed by atoms with Crippen molar-refractivity contribution < 1.29 is 4.79 Å². The second-order valence-electron chi connectivity index (χ2n) is 6.96. The molecule has 0 aliphatic heterocycles. The first-order valence-corrected chi connectivity index (χ1v) is 9.15. The molecule has 25 heavy (non-hydrogen) atoms. The van der Waals surface area contributed by atoms with E-state index in [1.807, 2.05) is 6.20 Å². The molecule has 0 saturated heterocycles. The van der Waals surface area contributed by atoms with E-state index in [0.717, 1.165) is 38.4 Å². The Morgan fingerprint density at radius 2 is 1.96 bits per heavy atom. The highest BCUT2D eigenvalue weighted by molar-refractivity contribution is 5.71. The number of benzene rings is 1. The number of hydrogen-bond donors (Lipinski definition) is 1. The van der Waals surface area contributed by atoms with Crippen LogP contribution >= 0.6 is 0 Å². The van der Waals surface area contributed by atoms with E-state index in [-0.39, 0.29) is 5.54 Å². The van der Waals surface area contributed by atoms with Gasteiger partial charge in [-0.1, -0.05) is 60.7 Å². The molecule has 2 aromatic rings. The first-order valence-electron chi connectivity index (χ1n) is 9.15. The van der Waals surface area contributed by atoms with Crippen LogP contribution in [0, 0.1) is 5.92 Å². The third-order valence-corrected chi connectivity index (χ3v) is 5.60. The van der Waals surface area contributed by atoms with Gasteiger partial charge < -0.3 is 0 Å². The average molecular weight is 332 g/mol. The highest BCUT2D eigenvalue weighted by Crippen LogP contribution is 2.48. The summed E-state index contributed by atoms with van der Waals surface area (Å²) in [4.78, 5) is 11.2. The monoisotopic (exact) mass is 332 g/mol. The van der Waals surface area contributed by atoms with Crippen molar-refractivity contribution in [2.75, 3.05) is 0 Å². The summed E-state index contributed by atoms with van der Waals surface area (Å²) in [5.41, 5.74) is 3.13. The van der Waals surface area contributed by atoms with Crippen LogP contribution in [0.5, 0.6) is 0 Å². The Labute approximate surface area is 148 Å². The molecule has 1 aromatic heterocycles. The van der Waals surface area contributed by atoms with Crippen LogP contribution in [0.4, 0.5) is 0 Å². The smallest absolute Gasteiger partial charge is 0.169 e. The van der Waals surface area contributed by atoms with Crippen molar-refractivity contribution in [3.8, 4) is 0 Å². The number of carbonyl (C=O) groups is 1. The minimum absolute atomic E-state index is 0.247. The standard InChI is InChI=1S/C22H24N2O/c25-17-21-16-24(23-21)22(18-10-4-1-5-11-18,19-12-6-2-7-13-19)20-14-8-3-9-15-20/h1-6,8,10-12,16-17,20,23H,7,9,13-15H2/t20-,22?/m1/s1. The SMILES string of the molecule is O=Cc1cn(C(C2=CC=CCC2)(c2ccccc2)[C@@H]2CC=CCC2)[nH]1. The van der Waals surface area contributed by atoms with Crippen molar-refractivity contribution in [2.24, 2.45) is 5.92 Å². The van der Waals surface area contributed by atoms with E-state index in [9.17, 15) is 4.79 Å². The molecule has 1 aromatic carbocycles. The second-order valence-corrected chi connectivity index (χ2v) is 6.96. The maximum absolute atomic E-state index is 11.2. The van der Waals surface area contributed by atoms with E-state index in [1.54, 1.807) is 0 Å². The third kappa shape index (κ3) is 2.64. The maximum Gasteiger partial charge on any atom is 0.169 e. The number of nitrogens with one attached hydrogen (secondary N) is 1. The molecule has 4 rings (SSSR count). The van der Waals surface area contributed by atoms with Crippen LogP contribution in [0.15, 0.2) is 72.5 Å². The van der Waals surface area contributed by atoms with Gasteiger partial charge in [0.1, 0.15) is 11.2 Å². The van der Waals surface area contributed by atoms with Crippen molar-refractivity contribution in [1.29, 1.82) is 0 Å². The normalized spacial score (nSPS) is 22.4. The molecule has 0 radical (unpaired) electrons. The Morgan fingerprint density at radius 3 is 2.60 bits per heavy atom. The molecule has 0 bridgehead atoms. The molecule has 1 unspecified atom stereocenters. The number of nitrogens with zero attached hydrogens (tertiary/aromatic N) is 1. The maximum atomic E-state index is 11.2. The highest BCUT2D eigenvalue weighted by Gasteiger charge is 2.45. The Bertz CT molecular complexity index is 809. The van der Waals surface area contributed by atoms with Gasteiger partial charge in [0, 0.05) is 0 Å². The number of carbonyl (C=O) groups excluding carboxylic acids is 1. The largest absolute Gasteiger partial charge is 0.296 e. The number of aromatic nitrogens is 2. The van der Waals surface area contributed by atoms with Gasteiger partial charge >= 0.3 is 0 Å². The molecular formula is C22H24N2O. The van der Waals surface area contributed by atoms with Gasteiger partial charge in [-0.2, -0.15) is 0 Å². The number of rotatable bonds is 5. The predicted octanol–water partition coefficient (Wildman–Crippen LogP) is 5.01. The zero-order chi connectivity index (χ0) is 17.1. The number of allylic oxidation sites excluding steroid dienone is 6. The summed E-state index contributed by atoms with van der Waals surface area (Å²) in [6.45, 7) is 0. The molecule has 3 nitrogen and oxygen atoms in total. The zero-order valence-electron chi connectivity index (χ0n) is 14.4. The molecule has 0 spiro atoms. The van der Waals surface area contributed by atoms with Gasteiger partial charge in [-0.3, -0.25) is 14.6 Å². The number of H-pyrrole nitrogens is 1. The second kappa shape index (κ2) is 6.75. The fourth-order valence-corrected chi connectivity index (χ4v) is 4.48. The fourth-order valence-electron chi connectivity index (χ4n) is 4.48. The molecule has 2 aliphatic carbocycles. The lowest BCUT2D eigenvalue weighted by molar-refractivity contribution is 0.110. The first kappa shape index (κ1) is 15.9. The predicted molar refractivity (Wildman–Crippen MR) is 101 cm³/mol. The highest BCUT2D eigenvalue weighted by atomic mass is 16.1. The number of aromatic amines is 1. The topological polar surface area (TPSA) is 37.8 Å². The van der Waals surface area contributed by atoms with Crippen LogP contribution in [-0.4, -0.2) is 16.1 Å². The summed E-state index contributed by atoms with van der Waals surface area (Å²) < 4.78 is 2.18. The van der Waals surface area contributed by atoms with Crippen LogP contribution in [0.3, 0.4) is 0 Å². The van der Waals surface area contributed by atoms with Gasteiger partial charge in [-0.15, -0.1) is 0 Å². The summed E-state index contributed by atoms with van der Waals surface area (Å²) in [6.07, 6.45) is 19.6. The van der Waals surface area contributed by atoms with Gasteiger partial charge in [-0.25, -0.2) is 0 Å².